The van der Waals surface area contributed by atoms with Crippen molar-refractivity contribution in [1.82, 2.24) is 4.98 Å². The molecular weight excluding hydrogens is 301 g/mol. The third kappa shape index (κ3) is 2.22. The van der Waals surface area contributed by atoms with E-state index in [9.17, 15) is 0 Å². The van der Waals surface area contributed by atoms with Crippen molar-refractivity contribution in [2.45, 2.75) is 0 Å². The maximum absolute atomic E-state index is 4.31. The van der Waals surface area contributed by atoms with Crippen molar-refractivity contribution in [2.24, 2.45) is 4.99 Å². The number of hydrogen-bond donors (Lipinski definition) is 0. The molecule has 0 saturated heterocycles. The molecule has 74 valence electrons. The average Bonchev–Trinajstić information content (AvgIpc) is 2.44. The Morgan fingerprint density at radius 1 is 1.40 bits per heavy atom. The van der Waals surface area contributed by atoms with Crippen molar-refractivity contribution in [3.05, 3.63) is 40.0 Å². The van der Waals surface area contributed by atoms with Gasteiger partial charge in [0.1, 0.15) is 13.2 Å². The number of pyridine rings is 1. The van der Waals surface area contributed by atoms with E-state index in [2.05, 4.69) is 38.4 Å². The SMILES string of the molecule is C[N+]1=C=CN=CC(c2ccccn2)=C1I. The van der Waals surface area contributed by atoms with Crippen molar-refractivity contribution in [3.8, 4) is 0 Å². The number of aliphatic imine (C=N–C) groups is 1. The van der Waals surface area contributed by atoms with Gasteiger partial charge in [0.15, 0.2) is 5.87 Å². The van der Waals surface area contributed by atoms with Gasteiger partial charge in [-0.3, -0.25) is 4.98 Å². The quantitative estimate of drug-likeness (QED) is 0.443. The standard InChI is InChI=1S/C11H9IN3/c1-15-7-6-13-8-9(11(15)12)10-4-2-3-5-14-10/h2-6,8H,1H3/q+1. The topological polar surface area (TPSA) is 28.3 Å². The van der Waals surface area contributed by atoms with Gasteiger partial charge in [-0.25, -0.2) is 4.99 Å². The molecule has 1 aromatic heterocycles. The Morgan fingerprint density at radius 2 is 2.27 bits per heavy atom. The minimum atomic E-state index is 0.926. The summed E-state index contributed by atoms with van der Waals surface area (Å²) in [5.41, 5.74) is 1.94. The van der Waals surface area contributed by atoms with E-state index in [1.807, 2.05) is 29.8 Å². The Balaban J connectivity index is 2.56. The third-order valence-corrected chi connectivity index (χ3v) is 3.29. The predicted octanol–water partition coefficient (Wildman–Crippen LogP) is 2.10. The average molecular weight is 310 g/mol. The largest absolute Gasteiger partial charge is 0.260 e. The maximum atomic E-state index is 4.31. The fraction of sp³-hybridized carbons (Fsp3) is 0.0909. The molecule has 0 spiro atoms. The molecule has 0 N–H and O–H groups in total. The number of aromatic nitrogens is 1. The summed E-state index contributed by atoms with van der Waals surface area (Å²) in [4.78, 5) is 8.43. The first-order chi connectivity index (χ1) is 7.29. The Bertz CT molecular complexity index is 494. The molecular formula is C11H9IN3+. The minimum Gasteiger partial charge on any atom is -0.256 e. The summed E-state index contributed by atoms with van der Waals surface area (Å²) in [5.74, 6) is 3.01. The molecule has 0 amide bonds. The monoisotopic (exact) mass is 310 g/mol. The van der Waals surface area contributed by atoms with Crippen LogP contribution in [0.1, 0.15) is 5.69 Å². The van der Waals surface area contributed by atoms with Crippen LogP contribution >= 0.6 is 22.6 Å². The lowest BCUT2D eigenvalue weighted by Gasteiger charge is -1.99. The van der Waals surface area contributed by atoms with Gasteiger partial charge in [-0.15, -0.1) is 4.58 Å². The van der Waals surface area contributed by atoms with Crippen LogP contribution in [0.25, 0.3) is 5.57 Å². The van der Waals surface area contributed by atoms with Gasteiger partial charge in [0, 0.05) is 35.0 Å². The second kappa shape index (κ2) is 4.51. The van der Waals surface area contributed by atoms with Crippen LogP contribution < -0.4 is 0 Å². The first-order valence-corrected chi connectivity index (χ1v) is 5.53. The second-order valence-corrected chi connectivity index (χ2v) is 4.04. The van der Waals surface area contributed by atoms with E-state index in [0.29, 0.717) is 0 Å². The van der Waals surface area contributed by atoms with Gasteiger partial charge >= 0.3 is 0 Å². The molecule has 2 heterocycles. The highest BCUT2D eigenvalue weighted by Gasteiger charge is 2.14. The smallest absolute Gasteiger partial charge is 0.256 e. The highest BCUT2D eigenvalue weighted by atomic mass is 127. The highest BCUT2D eigenvalue weighted by Crippen LogP contribution is 2.20. The summed E-state index contributed by atoms with van der Waals surface area (Å²) in [6.45, 7) is 0. The van der Waals surface area contributed by atoms with Gasteiger partial charge in [0.05, 0.1) is 11.3 Å². The Labute approximate surface area is 102 Å². The van der Waals surface area contributed by atoms with E-state index in [0.717, 1.165) is 15.0 Å². The molecule has 0 aliphatic carbocycles. The fourth-order valence-corrected chi connectivity index (χ4v) is 1.77. The van der Waals surface area contributed by atoms with Gasteiger partial charge in [-0.2, -0.15) is 0 Å². The second-order valence-electron chi connectivity index (χ2n) is 3.01. The van der Waals surface area contributed by atoms with Crippen LogP contribution in [0.5, 0.6) is 0 Å². The van der Waals surface area contributed by atoms with Crippen molar-refractivity contribution in [1.29, 1.82) is 0 Å². The first kappa shape index (κ1) is 10.3. The van der Waals surface area contributed by atoms with E-state index in [4.69, 9.17) is 0 Å². The molecule has 0 radical (unpaired) electrons. The zero-order valence-corrected chi connectivity index (χ0v) is 10.3. The van der Waals surface area contributed by atoms with Gasteiger partial charge < -0.3 is 0 Å². The zero-order chi connectivity index (χ0) is 10.7. The molecule has 0 saturated carbocycles. The van der Waals surface area contributed by atoms with Crippen molar-refractivity contribution >= 4 is 40.2 Å². The normalized spacial score (nSPS) is 15.2. The molecule has 0 aromatic carbocycles. The number of rotatable bonds is 1. The zero-order valence-electron chi connectivity index (χ0n) is 8.18. The molecule has 4 heteroatoms. The minimum absolute atomic E-state index is 0.926. The van der Waals surface area contributed by atoms with Crippen LogP contribution in [0.2, 0.25) is 0 Å². The molecule has 0 unspecified atom stereocenters. The predicted molar refractivity (Wildman–Crippen MR) is 69.4 cm³/mol. The lowest BCUT2D eigenvalue weighted by molar-refractivity contribution is -0.416. The number of hydrogen-bond acceptors (Lipinski definition) is 2. The van der Waals surface area contributed by atoms with Gasteiger partial charge in [-0.05, 0) is 12.1 Å². The van der Waals surface area contributed by atoms with E-state index in [1.54, 1.807) is 18.6 Å². The van der Waals surface area contributed by atoms with Crippen LogP contribution in [-0.4, -0.2) is 28.7 Å². The summed E-state index contributed by atoms with van der Waals surface area (Å²) < 4.78 is 2.96. The molecule has 2 rings (SSSR count). The van der Waals surface area contributed by atoms with E-state index >= 15 is 0 Å². The first-order valence-electron chi connectivity index (χ1n) is 4.45. The molecule has 1 aliphatic heterocycles. The van der Waals surface area contributed by atoms with Crippen molar-refractivity contribution in [2.75, 3.05) is 7.05 Å². The lowest BCUT2D eigenvalue weighted by Crippen LogP contribution is -2.02. The van der Waals surface area contributed by atoms with Crippen LogP contribution in [0, 0.1) is 0 Å². The highest BCUT2D eigenvalue weighted by molar-refractivity contribution is 14.1. The van der Waals surface area contributed by atoms with Gasteiger partial charge in [0.2, 0.25) is 0 Å². The van der Waals surface area contributed by atoms with Crippen LogP contribution in [0.3, 0.4) is 0 Å². The van der Waals surface area contributed by atoms with Crippen molar-refractivity contribution < 1.29 is 4.58 Å². The van der Waals surface area contributed by atoms with Crippen LogP contribution in [-0.2, 0) is 0 Å². The number of nitrogens with zero attached hydrogens (tertiary/aromatic N) is 3. The van der Waals surface area contributed by atoms with Crippen LogP contribution in [0.4, 0.5) is 0 Å². The summed E-state index contributed by atoms with van der Waals surface area (Å²) in [5, 5.41) is 0. The Kier molecular flexibility index (Phi) is 3.08. The van der Waals surface area contributed by atoms with Crippen LogP contribution in [0.15, 0.2) is 39.3 Å². The summed E-state index contributed by atoms with van der Waals surface area (Å²) >= 11 is 2.26. The molecule has 0 bridgehead atoms. The third-order valence-electron chi connectivity index (χ3n) is 1.99. The van der Waals surface area contributed by atoms with E-state index in [-0.39, 0.29) is 0 Å². The summed E-state index contributed by atoms with van der Waals surface area (Å²) in [7, 11) is 1.94. The van der Waals surface area contributed by atoms with Gasteiger partial charge in [-0.1, -0.05) is 6.07 Å². The van der Waals surface area contributed by atoms with Gasteiger partial charge in [0.25, 0.3) is 3.70 Å². The molecule has 15 heavy (non-hydrogen) atoms. The lowest BCUT2D eigenvalue weighted by atomic mass is 10.2. The molecule has 1 aliphatic rings. The molecule has 3 nitrogen and oxygen atoms in total. The molecule has 0 atom stereocenters. The number of halogens is 1. The van der Waals surface area contributed by atoms with E-state index < -0.39 is 0 Å². The molecule has 0 fully saturated rings. The summed E-state index contributed by atoms with van der Waals surface area (Å²) in [6, 6.07) is 5.84. The molecule has 1 aromatic rings. The Morgan fingerprint density at radius 3 is 3.00 bits per heavy atom. The Hall–Kier alpha value is -1.26. The maximum Gasteiger partial charge on any atom is 0.260 e. The summed E-state index contributed by atoms with van der Waals surface area (Å²) in [6.07, 6.45) is 5.23. The number of allylic oxidation sites excluding steroid dienone is 1. The van der Waals surface area contributed by atoms with E-state index in [1.165, 1.54) is 0 Å². The fourth-order valence-electron chi connectivity index (χ4n) is 1.22. The van der Waals surface area contributed by atoms with Crippen molar-refractivity contribution in [3.63, 3.8) is 0 Å².